The van der Waals surface area contributed by atoms with Crippen LogP contribution < -0.4 is 21.3 Å². The maximum absolute atomic E-state index is 14.5. The minimum atomic E-state index is -3.37. The Morgan fingerprint density at radius 1 is 0.780 bits per heavy atom. The molecule has 50 heavy (non-hydrogen) atoms. The van der Waals surface area contributed by atoms with Crippen molar-refractivity contribution in [2.45, 2.75) is 171 Å². The van der Waals surface area contributed by atoms with Crippen molar-refractivity contribution in [1.82, 2.24) is 26.2 Å². The number of nitrogens with one attached hydrogen (secondary N) is 4. The lowest BCUT2D eigenvalue weighted by molar-refractivity contribution is -0.144. The van der Waals surface area contributed by atoms with Crippen LogP contribution in [-0.4, -0.2) is 90.1 Å². The van der Waals surface area contributed by atoms with Crippen LogP contribution in [0.2, 0.25) is 0 Å². The Bertz CT molecular complexity index is 1420. The molecule has 6 fully saturated rings. The van der Waals surface area contributed by atoms with E-state index < -0.39 is 62.4 Å². The Balaban J connectivity index is 1.22. The Labute approximate surface area is 297 Å². The molecule has 0 spiro atoms. The van der Waals surface area contributed by atoms with Gasteiger partial charge in [0.05, 0.1) is 22.6 Å². The number of sulfone groups is 1. The number of ketones is 1. The molecule has 13 heteroatoms. The largest absolute Gasteiger partial charge is 0.347 e. The molecule has 5 amide bonds. The van der Waals surface area contributed by atoms with Crippen molar-refractivity contribution in [2.24, 2.45) is 17.3 Å². The van der Waals surface area contributed by atoms with Crippen LogP contribution in [0.1, 0.15) is 136 Å². The molecule has 6 aliphatic rings. The van der Waals surface area contributed by atoms with Crippen LogP contribution in [-0.2, 0) is 29.0 Å². The van der Waals surface area contributed by atoms with Crippen molar-refractivity contribution in [1.29, 1.82) is 0 Å². The van der Waals surface area contributed by atoms with Gasteiger partial charge in [0.2, 0.25) is 17.6 Å². The fourth-order valence-corrected chi connectivity index (χ4v) is 12.1. The Hall–Kier alpha value is -2.70. The summed E-state index contributed by atoms with van der Waals surface area (Å²) in [5.74, 6) is -1.91. The van der Waals surface area contributed by atoms with Crippen molar-refractivity contribution in [3.63, 3.8) is 0 Å². The van der Waals surface area contributed by atoms with E-state index in [1.54, 1.807) is 4.90 Å². The van der Waals surface area contributed by atoms with Gasteiger partial charge in [-0.05, 0) is 68.6 Å². The van der Waals surface area contributed by atoms with E-state index in [4.69, 9.17) is 0 Å². The van der Waals surface area contributed by atoms with Crippen LogP contribution in [0.5, 0.6) is 0 Å². The third-order valence-electron chi connectivity index (χ3n) is 12.9. The predicted octanol–water partition coefficient (Wildman–Crippen LogP) is 3.66. The molecule has 0 aromatic heterocycles. The lowest BCUT2D eigenvalue weighted by Crippen LogP contribution is -2.64. The van der Waals surface area contributed by atoms with Crippen LogP contribution >= 0.6 is 0 Å². The van der Waals surface area contributed by atoms with E-state index >= 15 is 0 Å². The molecule has 3 saturated carbocycles. The summed E-state index contributed by atoms with van der Waals surface area (Å²) in [5, 5.41) is 11.2. The maximum Gasteiger partial charge on any atom is 0.315 e. The van der Waals surface area contributed by atoms with Gasteiger partial charge in [-0.3, -0.25) is 19.2 Å². The molecular formula is C37H59N5O7S. The van der Waals surface area contributed by atoms with E-state index in [1.807, 2.05) is 0 Å². The van der Waals surface area contributed by atoms with E-state index in [9.17, 15) is 32.4 Å². The molecule has 3 saturated heterocycles. The number of Topliss-reactive ketones (excluding diaryl/α,β-unsaturated/α-hetero) is 1. The molecule has 0 radical (unpaired) electrons. The van der Waals surface area contributed by atoms with Gasteiger partial charge in [-0.1, -0.05) is 84.5 Å². The summed E-state index contributed by atoms with van der Waals surface area (Å²) >= 11 is 0. The summed E-state index contributed by atoms with van der Waals surface area (Å²) < 4.78 is 26.6. The van der Waals surface area contributed by atoms with Gasteiger partial charge in [0.15, 0.2) is 9.84 Å². The van der Waals surface area contributed by atoms with E-state index in [0.29, 0.717) is 51.5 Å². The minimum Gasteiger partial charge on any atom is -0.347 e. The summed E-state index contributed by atoms with van der Waals surface area (Å²) in [6.45, 7) is 4.56. The molecule has 280 valence electrons. The number of fused-ring (bicyclic) bond motifs is 3. The molecule has 3 heterocycles. The van der Waals surface area contributed by atoms with Gasteiger partial charge in [0.25, 0.3) is 5.91 Å². The molecule has 12 nitrogen and oxygen atoms in total. The van der Waals surface area contributed by atoms with Crippen molar-refractivity contribution in [3.05, 3.63) is 0 Å². The lowest BCUT2D eigenvalue weighted by Gasteiger charge is -2.45. The molecular weight excluding hydrogens is 659 g/mol. The highest BCUT2D eigenvalue weighted by Crippen LogP contribution is 2.65. The number of carbonyl (C=O) groups is 5. The first-order chi connectivity index (χ1) is 23.8. The van der Waals surface area contributed by atoms with Crippen molar-refractivity contribution < 1.29 is 32.4 Å². The smallest absolute Gasteiger partial charge is 0.315 e. The van der Waals surface area contributed by atoms with E-state index in [1.165, 1.54) is 0 Å². The van der Waals surface area contributed by atoms with Gasteiger partial charge in [0, 0.05) is 12.6 Å². The van der Waals surface area contributed by atoms with Crippen molar-refractivity contribution >= 4 is 39.4 Å². The fraction of sp³-hybridized carbons (Fsp3) is 0.865. The highest BCUT2D eigenvalue weighted by molar-refractivity contribution is 7.92. The summed E-state index contributed by atoms with van der Waals surface area (Å²) in [7, 11) is -3.37. The van der Waals surface area contributed by atoms with Gasteiger partial charge in [-0.25, -0.2) is 13.2 Å². The SMILES string of the molecule is CC1(C)[C@@H]2[C@H]3C(=O)N[C@@H](C(=O)C(=O)NC4CC4)CCCCCCCCC[C@@H](NC(=O)NC4([C@@H]5CCCCS5(=O)=O)CCCCC4)C(=O)N3C[C@@H]21. The molecule has 0 bridgehead atoms. The third kappa shape index (κ3) is 8.02. The van der Waals surface area contributed by atoms with Crippen LogP contribution in [0.4, 0.5) is 4.79 Å². The van der Waals surface area contributed by atoms with E-state index in [-0.39, 0.29) is 35.0 Å². The topological polar surface area (TPSA) is 171 Å². The normalized spacial score (nSPS) is 34.3. The first-order valence-electron chi connectivity index (χ1n) is 19.6. The van der Waals surface area contributed by atoms with Crippen molar-refractivity contribution in [3.8, 4) is 0 Å². The first-order valence-corrected chi connectivity index (χ1v) is 21.3. The summed E-state index contributed by atoms with van der Waals surface area (Å²) in [5.41, 5.74) is -1.03. The third-order valence-corrected chi connectivity index (χ3v) is 15.3. The highest BCUT2D eigenvalue weighted by atomic mass is 32.2. The second-order valence-electron chi connectivity index (χ2n) is 16.8. The molecule has 3 aliphatic heterocycles. The maximum atomic E-state index is 14.5. The van der Waals surface area contributed by atoms with Crippen LogP contribution in [0.15, 0.2) is 0 Å². The van der Waals surface area contributed by atoms with Crippen LogP contribution in [0.3, 0.4) is 0 Å². The molecule has 3 aliphatic carbocycles. The molecule has 6 rings (SSSR count). The standard InChI is InChI=1S/C37H59N5O7S/c1-36(2)25-23-42-30(29(25)36)32(44)39-26(31(43)33(45)38-24-18-19-24)15-9-6-4-3-5-7-10-16-27(34(42)46)40-35(47)41-37(20-12-8-13-21-37)28-17-11-14-22-50(28,48)49/h24-30H,3-23H2,1-2H3,(H,38,45)(H,39,44)(H2,40,41,47)/t25-,26+,27+,28-,29-,30-/m0/s1. The fourth-order valence-electron chi connectivity index (χ4n) is 9.73. The number of rotatable bonds is 6. The molecule has 0 aromatic rings. The summed E-state index contributed by atoms with van der Waals surface area (Å²) in [4.78, 5) is 70.3. The zero-order valence-electron chi connectivity index (χ0n) is 30.1. The zero-order valence-corrected chi connectivity index (χ0v) is 30.9. The lowest BCUT2D eigenvalue weighted by atomic mass is 9.77. The molecule has 0 aromatic carbocycles. The van der Waals surface area contributed by atoms with E-state index in [0.717, 1.165) is 77.0 Å². The average Bonchev–Trinajstić information content (AvgIpc) is 3.92. The second-order valence-corrected chi connectivity index (χ2v) is 19.1. The predicted molar refractivity (Wildman–Crippen MR) is 189 cm³/mol. The average molecular weight is 718 g/mol. The molecule has 0 unspecified atom stereocenters. The number of hydrogen-bond donors (Lipinski definition) is 4. The first kappa shape index (κ1) is 37.1. The van der Waals surface area contributed by atoms with Gasteiger partial charge >= 0.3 is 6.03 Å². The van der Waals surface area contributed by atoms with Crippen molar-refractivity contribution in [2.75, 3.05) is 12.3 Å². The summed E-state index contributed by atoms with van der Waals surface area (Å²) in [6.07, 6.45) is 14.5. The van der Waals surface area contributed by atoms with Gasteiger partial charge in [-0.2, -0.15) is 0 Å². The van der Waals surface area contributed by atoms with Crippen LogP contribution in [0, 0.1) is 17.3 Å². The summed E-state index contributed by atoms with van der Waals surface area (Å²) in [6, 6.07) is -3.18. The van der Waals surface area contributed by atoms with Gasteiger partial charge in [-0.15, -0.1) is 0 Å². The van der Waals surface area contributed by atoms with Gasteiger partial charge < -0.3 is 26.2 Å². The molecule has 4 N–H and O–H groups in total. The number of amides is 5. The Morgan fingerprint density at radius 2 is 1.40 bits per heavy atom. The molecule has 6 atom stereocenters. The quantitative estimate of drug-likeness (QED) is 0.304. The van der Waals surface area contributed by atoms with Gasteiger partial charge in [0.1, 0.15) is 12.1 Å². The number of nitrogens with zero attached hydrogens (tertiary/aromatic N) is 1. The Kier molecular flexibility index (Phi) is 11.2. The number of piperidine rings is 1. The number of hydrogen-bond acceptors (Lipinski definition) is 7. The monoisotopic (exact) mass is 717 g/mol. The minimum absolute atomic E-state index is 0.0194. The highest BCUT2D eigenvalue weighted by Gasteiger charge is 2.69. The number of urea groups is 1. The number of carbonyl (C=O) groups excluding carboxylic acids is 5. The van der Waals surface area contributed by atoms with Crippen LogP contribution in [0.25, 0.3) is 0 Å². The second kappa shape index (κ2) is 15.1. The Morgan fingerprint density at radius 3 is 2.06 bits per heavy atom. The zero-order chi connectivity index (χ0) is 35.7. The van der Waals surface area contributed by atoms with E-state index in [2.05, 4.69) is 35.1 Å².